The Labute approximate surface area is 85.4 Å². The Bertz CT molecular complexity index is 228. The van der Waals surface area contributed by atoms with Gasteiger partial charge in [-0.15, -0.1) is 0 Å². The molecule has 1 aliphatic rings. The Morgan fingerprint density at radius 1 is 0.714 bits per heavy atom. The molecule has 0 atom stereocenters. The van der Waals surface area contributed by atoms with Gasteiger partial charge in [-0.3, -0.25) is 9.59 Å². The van der Waals surface area contributed by atoms with E-state index in [1.165, 1.54) is 0 Å². The lowest BCUT2D eigenvalue weighted by molar-refractivity contribution is -0.120. The molecular formula is C12H18O2. The number of ketones is 2. The maximum atomic E-state index is 11.3. The molecule has 14 heavy (non-hydrogen) atoms. The van der Waals surface area contributed by atoms with Gasteiger partial charge in [0.25, 0.3) is 0 Å². The fourth-order valence-electron chi connectivity index (χ4n) is 1.63. The number of hydrogen-bond acceptors (Lipinski definition) is 2. The number of carbonyl (C=O) groups excluding carboxylic acids is 2. The summed E-state index contributed by atoms with van der Waals surface area (Å²) in [6.45, 7) is 0. The van der Waals surface area contributed by atoms with Gasteiger partial charge >= 0.3 is 0 Å². The van der Waals surface area contributed by atoms with Crippen LogP contribution in [0.3, 0.4) is 0 Å². The molecule has 0 amide bonds. The van der Waals surface area contributed by atoms with Crippen molar-refractivity contribution in [3.05, 3.63) is 12.2 Å². The average Bonchev–Trinajstić information content (AvgIpc) is 2.14. The van der Waals surface area contributed by atoms with Crippen LogP contribution in [0.1, 0.15) is 51.4 Å². The quantitative estimate of drug-likeness (QED) is 0.556. The van der Waals surface area contributed by atoms with Crippen LogP contribution in [0.25, 0.3) is 0 Å². The molecule has 0 saturated heterocycles. The van der Waals surface area contributed by atoms with Crippen LogP contribution in [0.5, 0.6) is 0 Å². The summed E-state index contributed by atoms with van der Waals surface area (Å²) in [5.74, 6) is 0.606. The van der Waals surface area contributed by atoms with E-state index in [9.17, 15) is 9.59 Å². The van der Waals surface area contributed by atoms with Gasteiger partial charge in [0.15, 0.2) is 0 Å². The number of carbonyl (C=O) groups is 2. The predicted molar refractivity (Wildman–Crippen MR) is 56.1 cm³/mol. The first-order valence-corrected chi connectivity index (χ1v) is 5.47. The molecule has 0 N–H and O–H groups in total. The van der Waals surface area contributed by atoms with Crippen LogP contribution in [-0.4, -0.2) is 11.6 Å². The molecule has 0 aromatic rings. The maximum absolute atomic E-state index is 11.3. The van der Waals surface area contributed by atoms with Crippen LogP contribution in [-0.2, 0) is 9.59 Å². The van der Waals surface area contributed by atoms with Crippen LogP contribution < -0.4 is 0 Å². The lowest BCUT2D eigenvalue weighted by atomic mass is 10.0. The molecule has 2 heteroatoms. The van der Waals surface area contributed by atoms with Gasteiger partial charge in [-0.05, 0) is 25.7 Å². The van der Waals surface area contributed by atoms with Crippen LogP contribution in [0, 0.1) is 0 Å². The fourth-order valence-corrected chi connectivity index (χ4v) is 1.63. The van der Waals surface area contributed by atoms with E-state index in [-0.39, 0.29) is 0 Å². The zero-order valence-corrected chi connectivity index (χ0v) is 8.63. The third kappa shape index (κ3) is 4.95. The van der Waals surface area contributed by atoms with E-state index >= 15 is 0 Å². The van der Waals surface area contributed by atoms with Gasteiger partial charge in [-0.1, -0.05) is 12.2 Å². The highest BCUT2D eigenvalue weighted by atomic mass is 16.1. The standard InChI is InChI=1S/C12H18O2/c13-11-7-4-2-1-3-5-8-12(14)10-6-9-11/h1-2H,3-10H2/b2-1+. The van der Waals surface area contributed by atoms with Gasteiger partial charge < -0.3 is 0 Å². The Morgan fingerprint density at radius 3 is 2.07 bits per heavy atom. The number of allylic oxidation sites excluding steroid dienone is 2. The second kappa shape index (κ2) is 6.52. The Kier molecular flexibility index (Phi) is 5.20. The third-order valence-corrected chi connectivity index (χ3v) is 2.49. The smallest absolute Gasteiger partial charge is 0.133 e. The van der Waals surface area contributed by atoms with Gasteiger partial charge in [-0.25, -0.2) is 0 Å². The molecule has 0 spiro atoms. The first-order chi connectivity index (χ1) is 6.79. The van der Waals surface area contributed by atoms with Crippen LogP contribution in [0.4, 0.5) is 0 Å². The summed E-state index contributed by atoms with van der Waals surface area (Å²) in [6.07, 6.45) is 10.2. The van der Waals surface area contributed by atoms with Crippen molar-refractivity contribution in [2.45, 2.75) is 51.4 Å². The highest BCUT2D eigenvalue weighted by Crippen LogP contribution is 2.08. The largest absolute Gasteiger partial charge is 0.300 e. The summed E-state index contributed by atoms with van der Waals surface area (Å²) in [7, 11) is 0. The van der Waals surface area contributed by atoms with Crippen LogP contribution in [0.2, 0.25) is 0 Å². The minimum absolute atomic E-state index is 0.294. The van der Waals surface area contributed by atoms with Crippen LogP contribution in [0.15, 0.2) is 12.2 Å². The molecule has 0 aliphatic heterocycles. The molecule has 0 bridgehead atoms. The maximum Gasteiger partial charge on any atom is 0.133 e. The highest BCUT2D eigenvalue weighted by Gasteiger charge is 2.05. The van der Waals surface area contributed by atoms with E-state index in [0.717, 1.165) is 25.7 Å². The number of hydrogen-bond donors (Lipinski definition) is 0. The normalized spacial score (nSPS) is 23.7. The molecule has 0 fully saturated rings. The highest BCUT2D eigenvalue weighted by molar-refractivity contribution is 5.81. The molecule has 0 radical (unpaired) electrons. The Balaban J connectivity index is 2.38. The molecule has 0 heterocycles. The van der Waals surface area contributed by atoms with E-state index in [1.54, 1.807) is 0 Å². The molecule has 0 unspecified atom stereocenters. The van der Waals surface area contributed by atoms with E-state index in [0.29, 0.717) is 37.2 Å². The average molecular weight is 194 g/mol. The van der Waals surface area contributed by atoms with Gasteiger partial charge in [0.2, 0.25) is 0 Å². The molecule has 1 rings (SSSR count). The van der Waals surface area contributed by atoms with E-state index < -0.39 is 0 Å². The molecular weight excluding hydrogens is 176 g/mol. The van der Waals surface area contributed by atoms with Crippen molar-refractivity contribution in [3.8, 4) is 0 Å². The molecule has 2 nitrogen and oxygen atoms in total. The SMILES string of the molecule is O=C1CC/C=C/CCCC(=O)CCC1. The summed E-state index contributed by atoms with van der Waals surface area (Å²) >= 11 is 0. The summed E-state index contributed by atoms with van der Waals surface area (Å²) in [6, 6.07) is 0. The van der Waals surface area contributed by atoms with Crippen molar-refractivity contribution in [1.29, 1.82) is 0 Å². The molecule has 78 valence electrons. The predicted octanol–water partition coefficient (Wildman–Crippen LogP) is 2.82. The zero-order chi connectivity index (χ0) is 10.2. The first kappa shape index (κ1) is 11.2. The van der Waals surface area contributed by atoms with E-state index in [2.05, 4.69) is 12.2 Å². The first-order valence-electron chi connectivity index (χ1n) is 5.47. The van der Waals surface area contributed by atoms with Crippen molar-refractivity contribution in [1.82, 2.24) is 0 Å². The van der Waals surface area contributed by atoms with Crippen LogP contribution >= 0.6 is 0 Å². The number of rotatable bonds is 0. The molecule has 0 aromatic heterocycles. The van der Waals surface area contributed by atoms with Gasteiger partial charge in [-0.2, -0.15) is 0 Å². The minimum Gasteiger partial charge on any atom is -0.300 e. The lowest BCUT2D eigenvalue weighted by Crippen LogP contribution is -2.02. The van der Waals surface area contributed by atoms with Crippen molar-refractivity contribution < 1.29 is 9.59 Å². The molecule has 1 aliphatic carbocycles. The summed E-state index contributed by atoms with van der Waals surface area (Å²) in [5, 5.41) is 0. The summed E-state index contributed by atoms with van der Waals surface area (Å²) < 4.78 is 0. The monoisotopic (exact) mass is 194 g/mol. The molecule has 0 saturated carbocycles. The van der Waals surface area contributed by atoms with Gasteiger partial charge in [0.05, 0.1) is 0 Å². The minimum atomic E-state index is 0.294. The Morgan fingerprint density at radius 2 is 1.29 bits per heavy atom. The fraction of sp³-hybridized carbons (Fsp3) is 0.667. The Hall–Kier alpha value is -0.920. The van der Waals surface area contributed by atoms with Crippen molar-refractivity contribution in [3.63, 3.8) is 0 Å². The summed E-state index contributed by atoms with van der Waals surface area (Å²) in [5.41, 5.74) is 0. The second-order valence-corrected chi connectivity index (χ2v) is 3.83. The van der Waals surface area contributed by atoms with Crippen molar-refractivity contribution >= 4 is 11.6 Å². The second-order valence-electron chi connectivity index (χ2n) is 3.83. The summed E-state index contributed by atoms with van der Waals surface area (Å²) in [4.78, 5) is 22.5. The topological polar surface area (TPSA) is 34.1 Å². The van der Waals surface area contributed by atoms with Gasteiger partial charge in [0.1, 0.15) is 11.6 Å². The number of Topliss-reactive ketones (excluding diaryl/α,β-unsaturated/α-hetero) is 2. The zero-order valence-electron chi connectivity index (χ0n) is 8.63. The van der Waals surface area contributed by atoms with Crippen molar-refractivity contribution in [2.24, 2.45) is 0 Å². The van der Waals surface area contributed by atoms with Gasteiger partial charge in [0, 0.05) is 25.7 Å². The van der Waals surface area contributed by atoms with E-state index in [4.69, 9.17) is 0 Å². The third-order valence-electron chi connectivity index (χ3n) is 2.49. The molecule has 0 aromatic carbocycles. The van der Waals surface area contributed by atoms with E-state index in [1.807, 2.05) is 0 Å². The lowest BCUT2D eigenvalue weighted by Gasteiger charge is -2.02. The van der Waals surface area contributed by atoms with Crippen molar-refractivity contribution in [2.75, 3.05) is 0 Å².